The van der Waals surface area contributed by atoms with Crippen LogP contribution in [0, 0.1) is 20.8 Å². The summed E-state index contributed by atoms with van der Waals surface area (Å²) in [5, 5.41) is 2.60. The first-order valence-electron chi connectivity index (χ1n) is 11.1. The van der Waals surface area contributed by atoms with Crippen LogP contribution in [-0.4, -0.2) is 51.0 Å². The van der Waals surface area contributed by atoms with Gasteiger partial charge < -0.3 is 10.2 Å². The molecule has 8 heteroatoms. The second kappa shape index (κ2) is 11.3. The standard InChI is InChI=1S/C25H35N3O4S/c1-18-10-13-22(14-11-18)17-27(21(4)25(30)26-5)24(29)8-7-15-28(33(6,31)32)23-16-19(2)9-12-20(23)3/h9-14,16,21H,7-8,15,17H2,1-6H3,(H,26,30)/t21-/m1/s1. The zero-order valence-corrected chi connectivity index (χ0v) is 21.2. The van der Waals surface area contributed by atoms with E-state index in [0.717, 1.165) is 22.3 Å². The molecule has 0 bridgehead atoms. The van der Waals surface area contributed by atoms with Gasteiger partial charge in [-0.2, -0.15) is 0 Å². The fraction of sp³-hybridized carbons (Fsp3) is 0.440. The Balaban J connectivity index is 2.17. The first-order chi connectivity index (χ1) is 15.4. The van der Waals surface area contributed by atoms with E-state index in [1.54, 1.807) is 18.9 Å². The highest BCUT2D eigenvalue weighted by Crippen LogP contribution is 2.24. The van der Waals surface area contributed by atoms with Crippen LogP contribution in [0.5, 0.6) is 0 Å². The quantitative estimate of drug-likeness (QED) is 0.574. The van der Waals surface area contributed by atoms with Crippen LogP contribution in [0.15, 0.2) is 42.5 Å². The summed E-state index contributed by atoms with van der Waals surface area (Å²) >= 11 is 0. The Hall–Kier alpha value is -2.87. The molecular formula is C25H35N3O4S. The van der Waals surface area contributed by atoms with Gasteiger partial charge in [-0.3, -0.25) is 13.9 Å². The number of carbonyl (C=O) groups excluding carboxylic acids is 2. The van der Waals surface area contributed by atoms with Crippen LogP contribution in [0.25, 0.3) is 0 Å². The van der Waals surface area contributed by atoms with Crippen molar-refractivity contribution in [2.24, 2.45) is 0 Å². The molecule has 0 spiro atoms. The maximum Gasteiger partial charge on any atom is 0.242 e. The molecule has 2 amide bonds. The molecule has 2 rings (SSSR count). The number of rotatable bonds is 10. The van der Waals surface area contributed by atoms with E-state index in [0.29, 0.717) is 18.7 Å². The number of benzene rings is 2. The number of sulfonamides is 1. The second-order valence-electron chi connectivity index (χ2n) is 8.53. The molecule has 180 valence electrons. The summed E-state index contributed by atoms with van der Waals surface area (Å²) < 4.78 is 26.3. The minimum atomic E-state index is -3.52. The molecule has 0 saturated heterocycles. The normalized spacial score (nSPS) is 12.2. The van der Waals surface area contributed by atoms with Gasteiger partial charge >= 0.3 is 0 Å². The zero-order chi connectivity index (χ0) is 24.8. The first-order valence-corrected chi connectivity index (χ1v) is 12.9. The number of likely N-dealkylation sites (N-methyl/N-ethyl adjacent to an activating group) is 1. The Labute approximate surface area is 197 Å². The molecule has 0 fully saturated rings. The van der Waals surface area contributed by atoms with Gasteiger partial charge in [0.05, 0.1) is 11.9 Å². The van der Waals surface area contributed by atoms with Gasteiger partial charge in [-0.15, -0.1) is 0 Å². The third-order valence-electron chi connectivity index (χ3n) is 5.67. The first kappa shape index (κ1) is 26.4. The van der Waals surface area contributed by atoms with Crippen molar-refractivity contribution < 1.29 is 18.0 Å². The van der Waals surface area contributed by atoms with Crippen molar-refractivity contribution in [1.82, 2.24) is 10.2 Å². The fourth-order valence-electron chi connectivity index (χ4n) is 3.65. The van der Waals surface area contributed by atoms with E-state index in [4.69, 9.17) is 0 Å². The minimum absolute atomic E-state index is 0.129. The monoisotopic (exact) mass is 473 g/mol. The Morgan fingerprint density at radius 3 is 2.18 bits per heavy atom. The van der Waals surface area contributed by atoms with Crippen molar-refractivity contribution in [3.8, 4) is 0 Å². The smallest absolute Gasteiger partial charge is 0.242 e. The molecule has 0 aliphatic heterocycles. The maximum absolute atomic E-state index is 13.1. The van der Waals surface area contributed by atoms with Crippen LogP contribution in [0.2, 0.25) is 0 Å². The third-order valence-corrected chi connectivity index (χ3v) is 6.85. The molecule has 2 aromatic rings. The number of nitrogens with zero attached hydrogens (tertiary/aromatic N) is 2. The van der Waals surface area contributed by atoms with E-state index in [9.17, 15) is 18.0 Å². The average molecular weight is 474 g/mol. The van der Waals surface area contributed by atoms with Gasteiger partial charge in [0, 0.05) is 26.6 Å². The lowest BCUT2D eigenvalue weighted by molar-refractivity contribution is -0.140. The van der Waals surface area contributed by atoms with Crippen molar-refractivity contribution in [2.45, 2.75) is 53.1 Å². The van der Waals surface area contributed by atoms with Gasteiger partial charge in [-0.05, 0) is 56.9 Å². The van der Waals surface area contributed by atoms with Crippen LogP contribution in [0.3, 0.4) is 0 Å². The number of carbonyl (C=O) groups is 2. The molecule has 0 unspecified atom stereocenters. The van der Waals surface area contributed by atoms with Gasteiger partial charge in [0.25, 0.3) is 0 Å². The predicted octanol–water partition coefficient (Wildman–Crippen LogP) is 3.32. The fourth-order valence-corrected chi connectivity index (χ4v) is 4.67. The van der Waals surface area contributed by atoms with E-state index in [1.807, 2.05) is 63.2 Å². The van der Waals surface area contributed by atoms with Crippen molar-refractivity contribution >= 4 is 27.5 Å². The predicted molar refractivity (Wildman–Crippen MR) is 133 cm³/mol. The summed E-state index contributed by atoms with van der Waals surface area (Å²) in [4.78, 5) is 27.0. The summed E-state index contributed by atoms with van der Waals surface area (Å²) in [6, 6.07) is 12.8. The van der Waals surface area contributed by atoms with Crippen molar-refractivity contribution in [2.75, 3.05) is 24.2 Å². The lowest BCUT2D eigenvalue weighted by Gasteiger charge is -2.29. The summed E-state index contributed by atoms with van der Waals surface area (Å²) in [6.45, 7) is 7.96. The van der Waals surface area contributed by atoms with Crippen LogP contribution in [0.4, 0.5) is 5.69 Å². The molecule has 1 N–H and O–H groups in total. The number of amides is 2. The largest absolute Gasteiger partial charge is 0.357 e. The SMILES string of the molecule is CNC(=O)[C@@H](C)N(Cc1ccc(C)cc1)C(=O)CCCN(c1cc(C)ccc1C)S(C)(=O)=O. The van der Waals surface area contributed by atoms with Crippen LogP contribution < -0.4 is 9.62 Å². The highest BCUT2D eigenvalue weighted by Gasteiger charge is 2.26. The zero-order valence-electron chi connectivity index (χ0n) is 20.4. The number of hydrogen-bond donors (Lipinski definition) is 1. The number of aryl methyl sites for hydroxylation is 3. The summed E-state index contributed by atoms with van der Waals surface area (Å²) in [5.41, 5.74) is 4.48. The lowest BCUT2D eigenvalue weighted by atomic mass is 10.1. The summed E-state index contributed by atoms with van der Waals surface area (Å²) in [6.07, 6.45) is 1.64. The van der Waals surface area contributed by atoms with Gasteiger partial charge in [0.15, 0.2) is 0 Å². The van der Waals surface area contributed by atoms with Gasteiger partial charge in [0.1, 0.15) is 6.04 Å². The van der Waals surface area contributed by atoms with E-state index >= 15 is 0 Å². The molecule has 0 aromatic heterocycles. The number of hydrogen-bond acceptors (Lipinski definition) is 4. The number of nitrogens with one attached hydrogen (secondary N) is 1. The summed E-state index contributed by atoms with van der Waals surface area (Å²) in [7, 11) is -1.97. The molecule has 7 nitrogen and oxygen atoms in total. The van der Waals surface area contributed by atoms with E-state index in [2.05, 4.69) is 5.32 Å². The Morgan fingerprint density at radius 1 is 1.00 bits per heavy atom. The van der Waals surface area contributed by atoms with Crippen LogP contribution >= 0.6 is 0 Å². The Morgan fingerprint density at radius 2 is 1.61 bits per heavy atom. The second-order valence-corrected chi connectivity index (χ2v) is 10.4. The molecular weight excluding hydrogens is 438 g/mol. The highest BCUT2D eigenvalue weighted by atomic mass is 32.2. The lowest BCUT2D eigenvalue weighted by Crippen LogP contribution is -2.46. The molecule has 0 saturated carbocycles. The van der Waals surface area contributed by atoms with Crippen molar-refractivity contribution in [1.29, 1.82) is 0 Å². The Bertz CT molecular complexity index is 1080. The molecule has 0 aliphatic carbocycles. The van der Waals surface area contributed by atoms with E-state index in [-0.39, 0.29) is 24.8 Å². The molecule has 0 radical (unpaired) electrons. The molecule has 33 heavy (non-hydrogen) atoms. The molecule has 2 aromatic carbocycles. The Kier molecular flexibility index (Phi) is 9.05. The maximum atomic E-state index is 13.1. The summed E-state index contributed by atoms with van der Waals surface area (Å²) in [5.74, 6) is -0.440. The average Bonchev–Trinajstić information content (AvgIpc) is 2.76. The minimum Gasteiger partial charge on any atom is -0.357 e. The van der Waals surface area contributed by atoms with Crippen LogP contribution in [-0.2, 0) is 26.2 Å². The van der Waals surface area contributed by atoms with E-state index in [1.165, 1.54) is 10.6 Å². The van der Waals surface area contributed by atoms with Gasteiger partial charge in [-0.25, -0.2) is 8.42 Å². The molecule has 1 atom stereocenters. The van der Waals surface area contributed by atoms with Gasteiger partial charge in [-0.1, -0.05) is 42.0 Å². The van der Waals surface area contributed by atoms with Crippen molar-refractivity contribution in [3.63, 3.8) is 0 Å². The van der Waals surface area contributed by atoms with E-state index < -0.39 is 16.1 Å². The molecule has 0 heterocycles. The highest BCUT2D eigenvalue weighted by molar-refractivity contribution is 7.92. The van der Waals surface area contributed by atoms with Crippen molar-refractivity contribution in [3.05, 3.63) is 64.7 Å². The van der Waals surface area contributed by atoms with Crippen LogP contribution in [0.1, 0.15) is 42.0 Å². The number of anilines is 1. The topological polar surface area (TPSA) is 86.8 Å². The third kappa shape index (κ3) is 7.32. The molecule has 0 aliphatic rings. The van der Waals surface area contributed by atoms with Gasteiger partial charge in [0.2, 0.25) is 21.8 Å².